The van der Waals surface area contributed by atoms with Crippen LogP contribution >= 0.6 is 0 Å². The number of benzene rings is 2. The summed E-state index contributed by atoms with van der Waals surface area (Å²) in [5, 5.41) is 13.1. The number of hydrogen-bond acceptors (Lipinski definition) is 3. The van der Waals surface area contributed by atoms with Gasteiger partial charge in [0.05, 0.1) is 10.6 Å². The molecule has 7 heteroatoms. The number of halogens is 2. The highest BCUT2D eigenvalue weighted by atomic mass is 19.1. The average Bonchev–Trinajstić information content (AvgIpc) is 2.42. The third-order valence-corrected chi connectivity index (χ3v) is 2.77. The second-order valence-corrected chi connectivity index (χ2v) is 4.36. The van der Waals surface area contributed by atoms with E-state index in [-0.39, 0.29) is 11.3 Å². The second-order valence-electron chi connectivity index (χ2n) is 4.36. The van der Waals surface area contributed by atoms with Gasteiger partial charge in [-0.1, -0.05) is 6.07 Å². The lowest BCUT2D eigenvalue weighted by molar-refractivity contribution is -0.385. The molecule has 1 N–H and O–H groups in total. The lowest BCUT2D eigenvalue weighted by Gasteiger charge is -2.07. The fourth-order valence-electron chi connectivity index (χ4n) is 1.77. The van der Waals surface area contributed by atoms with Crippen molar-refractivity contribution in [3.05, 3.63) is 69.3 Å². The maximum absolute atomic E-state index is 13.5. The Labute approximate surface area is 118 Å². The standard InChI is InChI=1S/C14H10F2N2O3/c1-8-2-4-10(13(6-8)18(20)21)14(19)17-12-7-9(15)3-5-11(12)16/h2-7H,1H3,(H,17,19). The van der Waals surface area contributed by atoms with E-state index in [4.69, 9.17) is 0 Å². The zero-order chi connectivity index (χ0) is 15.6. The summed E-state index contributed by atoms with van der Waals surface area (Å²) in [5.41, 5.74) is -0.399. The van der Waals surface area contributed by atoms with Gasteiger partial charge in [0.25, 0.3) is 11.6 Å². The molecule has 0 saturated heterocycles. The molecule has 0 aliphatic carbocycles. The quantitative estimate of drug-likeness (QED) is 0.695. The molecule has 2 aromatic carbocycles. The van der Waals surface area contributed by atoms with Gasteiger partial charge in [0, 0.05) is 12.1 Å². The van der Waals surface area contributed by atoms with Gasteiger partial charge < -0.3 is 5.32 Å². The summed E-state index contributed by atoms with van der Waals surface area (Å²) in [6.45, 7) is 1.64. The first-order valence-electron chi connectivity index (χ1n) is 5.90. The molecule has 0 heterocycles. The zero-order valence-corrected chi connectivity index (χ0v) is 10.9. The smallest absolute Gasteiger partial charge is 0.282 e. The lowest BCUT2D eigenvalue weighted by Crippen LogP contribution is -2.15. The van der Waals surface area contributed by atoms with Gasteiger partial charge in [-0.2, -0.15) is 0 Å². The second kappa shape index (κ2) is 5.66. The van der Waals surface area contributed by atoms with E-state index < -0.39 is 28.2 Å². The number of nitrogens with zero attached hydrogens (tertiary/aromatic N) is 1. The molecule has 2 rings (SSSR count). The van der Waals surface area contributed by atoms with Crippen molar-refractivity contribution in [2.45, 2.75) is 6.92 Å². The molecule has 0 radical (unpaired) electrons. The largest absolute Gasteiger partial charge is 0.319 e. The minimum Gasteiger partial charge on any atom is -0.319 e. The van der Waals surface area contributed by atoms with Crippen LogP contribution in [-0.2, 0) is 0 Å². The monoisotopic (exact) mass is 292 g/mol. The molecule has 0 aliphatic heterocycles. The first-order chi connectivity index (χ1) is 9.88. The van der Waals surface area contributed by atoms with Crippen LogP contribution in [0.3, 0.4) is 0 Å². The highest BCUT2D eigenvalue weighted by Gasteiger charge is 2.21. The Morgan fingerprint density at radius 2 is 1.90 bits per heavy atom. The number of nitro benzene ring substituents is 1. The summed E-state index contributed by atoms with van der Waals surface area (Å²) in [5.74, 6) is -2.45. The first-order valence-corrected chi connectivity index (χ1v) is 5.90. The number of amides is 1. The lowest BCUT2D eigenvalue weighted by atomic mass is 10.1. The van der Waals surface area contributed by atoms with Crippen molar-refractivity contribution >= 4 is 17.3 Å². The van der Waals surface area contributed by atoms with E-state index >= 15 is 0 Å². The third-order valence-electron chi connectivity index (χ3n) is 2.77. The summed E-state index contributed by atoms with van der Waals surface area (Å²) in [6.07, 6.45) is 0. The molecule has 21 heavy (non-hydrogen) atoms. The van der Waals surface area contributed by atoms with Gasteiger partial charge in [0.2, 0.25) is 0 Å². The van der Waals surface area contributed by atoms with Gasteiger partial charge in [-0.25, -0.2) is 8.78 Å². The molecule has 2 aromatic rings. The average molecular weight is 292 g/mol. The minimum absolute atomic E-state index is 0.228. The molecule has 108 valence electrons. The van der Waals surface area contributed by atoms with Gasteiger partial charge in [-0.3, -0.25) is 14.9 Å². The van der Waals surface area contributed by atoms with Crippen LogP contribution in [0, 0.1) is 28.7 Å². The number of nitro groups is 1. The first kappa shape index (κ1) is 14.6. The highest BCUT2D eigenvalue weighted by molar-refractivity contribution is 6.07. The summed E-state index contributed by atoms with van der Waals surface area (Å²) in [6, 6.07) is 6.57. The molecule has 0 unspecified atom stereocenters. The van der Waals surface area contributed by atoms with Crippen LogP contribution in [0.15, 0.2) is 36.4 Å². The van der Waals surface area contributed by atoms with E-state index in [0.29, 0.717) is 5.56 Å². The molecule has 1 amide bonds. The van der Waals surface area contributed by atoms with Crippen molar-refractivity contribution < 1.29 is 18.5 Å². The van der Waals surface area contributed by atoms with Crippen LogP contribution in [0.2, 0.25) is 0 Å². The van der Waals surface area contributed by atoms with Crippen molar-refractivity contribution in [1.82, 2.24) is 0 Å². The number of carbonyl (C=O) groups excluding carboxylic acids is 1. The van der Waals surface area contributed by atoms with Gasteiger partial charge in [0.1, 0.15) is 17.2 Å². The number of aryl methyl sites for hydroxylation is 1. The van der Waals surface area contributed by atoms with E-state index in [1.54, 1.807) is 6.92 Å². The maximum atomic E-state index is 13.5. The molecule has 0 bridgehead atoms. The third kappa shape index (κ3) is 3.19. The maximum Gasteiger partial charge on any atom is 0.282 e. The summed E-state index contributed by atoms with van der Waals surface area (Å²) in [4.78, 5) is 22.2. The summed E-state index contributed by atoms with van der Waals surface area (Å²) in [7, 11) is 0. The van der Waals surface area contributed by atoms with Crippen LogP contribution in [0.5, 0.6) is 0 Å². The fraction of sp³-hybridized carbons (Fsp3) is 0.0714. The van der Waals surface area contributed by atoms with Crippen LogP contribution in [0.25, 0.3) is 0 Å². The van der Waals surface area contributed by atoms with E-state index in [1.165, 1.54) is 18.2 Å². The Hall–Kier alpha value is -2.83. The minimum atomic E-state index is -0.883. The predicted octanol–water partition coefficient (Wildman–Crippen LogP) is 3.43. The number of hydrogen-bond donors (Lipinski definition) is 1. The number of rotatable bonds is 3. The Balaban J connectivity index is 2.37. The van der Waals surface area contributed by atoms with Crippen molar-refractivity contribution in [3.8, 4) is 0 Å². The van der Waals surface area contributed by atoms with Crippen molar-refractivity contribution in [2.24, 2.45) is 0 Å². The Kier molecular flexibility index (Phi) is 3.93. The van der Waals surface area contributed by atoms with E-state index in [9.17, 15) is 23.7 Å². The summed E-state index contributed by atoms with van der Waals surface area (Å²) < 4.78 is 26.5. The molecule has 0 spiro atoms. The molecule has 5 nitrogen and oxygen atoms in total. The fourth-order valence-corrected chi connectivity index (χ4v) is 1.77. The van der Waals surface area contributed by atoms with Crippen LogP contribution in [-0.4, -0.2) is 10.8 Å². The van der Waals surface area contributed by atoms with Gasteiger partial charge in [-0.15, -0.1) is 0 Å². The van der Waals surface area contributed by atoms with E-state index in [2.05, 4.69) is 5.32 Å². The molecule has 0 atom stereocenters. The molecular formula is C14H10F2N2O3. The van der Waals surface area contributed by atoms with Crippen molar-refractivity contribution in [1.29, 1.82) is 0 Å². The summed E-state index contributed by atoms with van der Waals surface area (Å²) >= 11 is 0. The van der Waals surface area contributed by atoms with Crippen LogP contribution in [0.1, 0.15) is 15.9 Å². The highest BCUT2D eigenvalue weighted by Crippen LogP contribution is 2.22. The molecule has 0 aromatic heterocycles. The van der Waals surface area contributed by atoms with Gasteiger partial charge >= 0.3 is 0 Å². The Morgan fingerprint density at radius 1 is 1.19 bits per heavy atom. The van der Waals surface area contributed by atoms with Crippen molar-refractivity contribution in [3.63, 3.8) is 0 Å². The molecule has 0 fully saturated rings. The van der Waals surface area contributed by atoms with E-state index in [1.807, 2.05) is 0 Å². The number of anilines is 1. The SMILES string of the molecule is Cc1ccc(C(=O)Nc2cc(F)ccc2F)c([N+](=O)[O-])c1. The van der Waals surface area contributed by atoms with Crippen LogP contribution < -0.4 is 5.32 Å². The Bertz CT molecular complexity index is 732. The number of nitrogens with one attached hydrogen (secondary N) is 1. The van der Waals surface area contributed by atoms with E-state index in [0.717, 1.165) is 18.2 Å². The van der Waals surface area contributed by atoms with Crippen LogP contribution in [0.4, 0.5) is 20.2 Å². The Morgan fingerprint density at radius 3 is 2.57 bits per heavy atom. The normalized spacial score (nSPS) is 10.2. The van der Waals surface area contributed by atoms with Gasteiger partial charge in [-0.05, 0) is 30.7 Å². The topological polar surface area (TPSA) is 72.2 Å². The molecular weight excluding hydrogens is 282 g/mol. The zero-order valence-electron chi connectivity index (χ0n) is 10.9. The number of carbonyl (C=O) groups is 1. The molecule has 0 aliphatic rings. The predicted molar refractivity (Wildman–Crippen MR) is 72.1 cm³/mol. The van der Waals surface area contributed by atoms with Crippen molar-refractivity contribution in [2.75, 3.05) is 5.32 Å². The van der Waals surface area contributed by atoms with Gasteiger partial charge in [0.15, 0.2) is 0 Å². The molecule has 0 saturated carbocycles.